The third kappa shape index (κ3) is 4.86. The summed E-state index contributed by atoms with van der Waals surface area (Å²) in [5.74, 6) is 1.25. The molecule has 0 aromatic heterocycles. The Morgan fingerprint density at radius 3 is 2.42 bits per heavy atom. The number of nitrogens with zero attached hydrogens (tertiary/aromatic N) is 1. The lowest BCUT2D eigenvalue weighted by Crippen LogP contribution is -2.35. The van der Waals surface area contributed by atoms with E-state index < -0.39 is 0 Å². The molecule has 0 unspecified atom stereocenters. The van der Waals surface area contributed by atoms with E-state index in [1.54, 1.807) is 0 Å². The van der Waals surface area contributed by atoms with Gasteiger partial charge in [0, 0.05) is 22.3 Å². The molecule has 0 saturated carbocycles. The highest BCUT2D eigenvalue weighted by molar-refractivity contribution is 7.98. The lowest BCUT2D eigenvalue weighted by atomic mass is 9.96. The molecule has 1 saturated heterocycles. The molecule has 3 nitrogen and oxygen atoms in total. The number of nitrogens with one attached hydrogen (secondary N) is 1. The highest BCUT2D eigenvalue weighted by atomic mass is 32.2. The van der Waals surface area contributed by atoms with Crippen molar-refractivity contribution in [3.05, 3.63) is 60.2 Å². The monoisotopic (exact) mass is 340 g/mol. The Balaban J connectivity index is 1.50. The number of carbonyl (C=O) groups is 1. The average Bonchev–Trinajstić information content (AvgIpc) is 2.62. The number of hydrogen-bond donors (Lipinski definition) is 1. The van der Waals surface area contributed by atoms with Crippen molar-refractivity contribution in [1.82, 2.24) is 4.90 Å². The maximum absolute atomic E-state index is 12.3. The molecule has 0 radical (unpaired) electrons. The molecule has 24 heavy (non-hydrogen) atoms. The van der Waals surface area contributed by atoms with Gasteiger partial charge in [0.2, 0.25) is 5.91 Å². The molecule has 1 heterocycles. The van der Waals surface area contributed by atoms with Gasteiger partial charge in [-0.25, -0.2) is 0 Å². The molecule has 2 aromatic rings. The van der Waals surface area contributed by atoms with Gasteiger partial charge in [-0.15, -0.1) is 11.8 Å². The Morgan fingerprint density at radius 1 is 1.08 bits per heavy atom. The zero-order chi connectivity index (χ0) is 16.8. The first-order valence-electron chi connectivity index (χ1n) is 8.47. The first kappa shape index (κ1) is 17.1. The quantitative estimate of drug-likeness (QED) is 0.826. The van der Waals surface area contributed by atoms with Crippen LogP contribution in [0.3, 0.4) is 0 Å². The minimum atomic E-state index is 0.148. The van der Waals surface area contributed by atoms with Gasteiger partial charge in [-0.3, -0.25) is 4.79 Å². The van der Waals surface area contributed by atoms with E-state index in [9.17, 15) is 4.79 Å². The summed E-state index contributed by atoms with van der Waals surface area (Å²) in [6, 6.07) is 18.6. The molecule has 3 rings (SSSR count). The van der Waals surface area contributed by atoms with Crippen LogP contribution in [0.4, 0.5) is 5.69 Å². The van der Waals surface area contributed by atoms with Gasteiger partial charge in [0.25, 0.3) is 0 Å². The molecular weight excluding hydrogens is 316 g/mol. The third-order valence-corrected chi connectivity index (χ3v) is 5.54. The predicted octanol–water partition coefficient (Wildman–Crippen LogP) is 4.26. The first-order chi connectivity index (χ1) is 11.7. The summed E-state index contributed by atoms with van der Waals surface area (Å²) in [5.41, 5.74) is 2.16. The molecule has 0 atom stereocenters. The second-order valence-corrected chi connectivity index (χ2v) is 7.41. The predicted molar refractivity (Wildman–Crippen MR) is 101 cm³/mol. The molecule has 0 bridgehead atoms. The van der Waals surface area contributed by atoms with Crippen LogP contribution >= 0.6 is 11.8 Å². The van der Waals surface area contributed by atoms with E-state index in [2.05, 4.69) is 53.7 Å². The molecule has 1 N–H and O–H groups in total. The second-order valence-electron chi connectivity index (χ2n) is 6.37. The van der Waals surface area contributed by atoms with E-state index in [1.807, 2.05) is 30.0 Å². The highest BCUT2D eigenvalue weighted by Gasteiger charge is 2.23. The van der Waals surface area contributed by atoms with E-state index in [-0.39, 0.29) is 11.8 Å². The minimum absolute atomic E-state index is 0.148. The van der Waals surface area contributed by atoms with Crippen molar-refractivity contribution in [2.75, 3.05) is 25.5 Å². The fraction of sp³-hybridized carbons (Fsp3) is 0.350. The maximum Gasteiger partial charge on any atom is 0.227 e. The molecule has 0 spiro atoms. The third-order valence-electron chi connectivity index (χ3n) is 4.46. The summed E-state index contributed by atoms with van der Waals surface area (Å²) in [4.78, 5) is 15.9. The van der Waals surface area contributed by atoms with Gasteiger partial charge in [0.1, 0.15) is 0 Å². The minimum Gasteiger partial charge on any atom is -0.326 e. The Labute approximate surface area is 148 Å². The number of likely N-dealkylation sites (tertiary alicyclic amines) is 1. The average molecular weight is 340 g/mol. The summed E-state index contributed by atoms with van der Waals surface area (Å²) in [6.07, 6.45) is 1.91. The highest BCUT2D eigenvalue weighted by Crippen LogP contribution is 2.23. The summed E-state index contributed by atoms with van der Waals surface area (Å²) in [6.45, 7) is 2.02. The molecule has 1 amide bonds. The van der Waals surface area contributed by atoms with Crippen LogP contribution in [-0.4, -0.2) is 30.9 Å². The first-order valence-corrected chi connectivity index (χ1v) is 9.45. The van der Waals surface area contributed by atoms with E-state index in [0.717, 1.165) is 37.4 Å². The van der Waals surface area contributed by atoms with Crippen molar-refractivity contribution in [2.24, 2.45) is 5.92 Å². The SMILES string of the molecule is CN1CCC(C(=O)Nc2ccc(CSc3ccccc3)cc2)CC1. The van der Waals surface area contributed by atoms with Crippen molar-refractivity contribution < 1.29 is 4.79 Å². The van der Waals surface area contributed by atoms with Crippen LogP contribution in [0.15, 0.2) is 59.5 Å². The van der Waals surface area contributed by atoms with Gasteiger partial charge < -0.3 is 10.2 Å². The number of thioether (sulfide) groups is 1. The Morgan fingerprint density at radius 2 is 1.75 bits per heavy atom. The number of benzene rings is 2. The molecule has 1 aliphatic heterocycles. The van der Waals surface area contributed by atoms with Crippen LogP contribution in [0.5, 0.6) is 0 Å². The number of carbonyl (C=O) groups excluding carboxylic acids is 1. The molecule has 2 aromatic carbocycles. The van der Waals surface area contributed by atoms with E-state index >= 15 is 0 Å². The van der Waals surface area contributed by atoms with Gasteiger partial charge >= 0.3 is 0 Å². The number of rotatable bonds is 5. The van der Waals surface area contributed by atoms with Crippen molar-refractivity contribution in [3.63, 3.8) is 0 Å². The number of piperidine rings is 1. The summed E-state index contributed by atoms with van der Waals surface area (Å²) < 4.78 is 0. The lowest BCUT2D eigenvalue weighted by Gasteiger charge is -2.28. The summed E-state index contributed by atoms with van der Waals surface area (Å²) in [5, 5.41) is 3.06. The molecule has 1 aliphatic rings. The van der Waals surface area contributed by atoms with Crippen LogP contribution in [0, 0.1) is 5.92 Å². The van der Waals surface area contributed by atoms with Crippen LogP contribution in [0.1, 0.15) is 18.4 Å². The molecule has 126 valence electrons. The number of anilines is 1. The molecule has 1 fully saturated rings. The standard InChI is InChI=1S/C20H24N2OS/c1-22-13-11-17(12-14-22)20(23)21-18-9-7-16(8-10-18)15-24-19-5-3-2-4-6-19/h2-10,17H,11-15H2,1H3,(H,21,23). The summed E-state index contributed by atoms with van der Waals surface area (Å²) in [7, 11) is 2.11. The fourth-order valence-electron chi connectivity index (χ4n) is 2.88. The Hall–Kier alpha value is -1.78. The van der Waals surface area contributed by atoms with Crippen LogP contribution in [0.25, 0.3) is 0 Å². The van der Waals surface area contributed by atoms with Crippen molar-refractivity contribution in [3.8, 4) is 0 Å². The van der Waals surface area contributed by atoms with Crippen molar-refractivity contribution >= 4 is 23.4 Å². The largest absolute Gasteiger partial charge is 0.326 e. The number of amides is 1. The Bertz CT molecular complexity index is 649. The zero-order valence-corrected chi connectivity index (χ0v) is 14.9. The smallest absolute Gasteiger partial charge is 0.227 e. The maximum atomic E-state index is 12.3. The van der Waals surface area contributed by atoms with Crippen LogP contribution < -0.4 is 5.32 Å². The van der Waals surface area contributed by atoms with Gasteiger partial charge in [-0.05, 0) is 62.8 Å². The van der Waals surface area contributed by atoms with Gasteiger partial charge in [-0.2, -0.15) is 0 Å². The second kappa shape index (κ2) is 8.36. The van der Waals surface area contributed by atoms with Gasteiger partial charge in [-0.1, -0.05) is 30.3 Å². The molecular formula is C20H24N2OS. The topological polar surface area (TPSA) is 32.3 Å². The normalized spacial score (nSPS) is 16.0. The number of hydrogen-bond acceptors (Lipinski definition) is 3. The van der Waals surface area contributed by atoms with Gasteiger partial charge in [0.05, 0.1) is 0 Å². The van der Waals surface area contributed by atoms with Crippen LogP contribution in [-0.2, 0) is 10.5 Å². The van der Waals surface area contributed by atoms with E-state index in [0.29, 0.717) is 0 Å². The molecule has 4 heteroatoms. The zero-order valence-electron chi connectivity index (χ0n) is 14.1. The van der Waals surface area contributed by atoms with E-state index in [1.165, 1.54) is 10.5 Å². The van der Waals surface area contributed by atoms with Gasteiger partial charge in [0.15, 0.2) is 0 Å². The fourth-order valence-corrected chi connectivity index (χ4v) is 3.76. The lowest BCUT2D eigenvalue weighted by molar-refractivity contribution is -0.121. The summed E-state index contributed by atoms with van der Waals surface area (Å²) >= 11 is 1.82. The van der Waals surface area contributed by atoms with E-state index in [4.69, 9.17) is 0 Å². The van der Waals surface area contributed by atoms with Crippen LogP contribution in [0.2, 0.25) is 0 Å². The van der Waals surface area contributed by atoms with Crippen molar-refractivity contribution in [1.29, 1.82) is 0 Å². The Kier molecular flexibility index (Phi) is 5.94. The van der Waals surface area contributed by atoms with Crippen molar-refractivity contribution in [2.45, 2.75) is 23.5 Å². The molecule has 0 aliphatic carbocycles.